The highest BCUT2D eigenvalue weighted by Gasteiger charge is 1.89. The van der Waals surface area contributed by atoms with Gasteiger partial charge in [-0.3, -0.25) is 0 Å². The zero-order valence-corrected chi connectivity index (χ0v) is 3.14. The average Bonchev–Trinajstić information content (AvgIpc) is 1.36. The lowest BCUT2D eigenvalue weighted by molar-refractivity contribution is -0.131. The van der Waals surface area contributed by atoms with Crippen molar-refractivity contribution in [1.82, 2.24) is 0 Å². The summed E-state index contributed by atoms with van der Waals surface area (Å²) >= 11 is 0. The monoisotopic (exact) mass is 82.0 g/mol. The summed E-state index contributed by atoms with van der Waals surface area (Å²) in [5.74, 6) is -1.16. The molecule has 0 amide bonds. The number of carboxylic acid groups (broad SMARTS) is 1. The van der Waals surface area contributed by atoms with E-state index in [9.17, 15) is 4.79 Å². The van der Waals surface area contributed by atoms with Crippen LogP contribution in [0, 0.1) is 0 Å². The quantitative estimate of drug-likeness (QED) is 0.350. The Kier molecular flexibility index (Phi) is 1.45. The van der Waals surface area contributed by atoms with Gasteiger partial charge in [0, 0.05) is 0 Å². The number of hydrogen-bond donors (Lipinski definition) is 1. The predicted molar refractivity (Wildman–Crippen MR) is 22.5 cm³/mol. The minimum Gasteiger partial charge on any atom is -0.479 e. The highest BCUT2D eigenvalue weighted by atomic mass is 16.4. The molecule has 3 heteroatoms. The van der Waals surface area contributed by atoms with Gasteiger partial charge in [-0.15, -0.1) is 0 Å². The fourth-order valence-corrected chi connectivity index (χ4v) is 0. The van der Waals surface area contributed by atoms with E-state index in [2.05, 4.69) is 14.4 Å². The standard InChI is InChI=1S/C3H3BO2/c1-2(4)3(5)6/h1H2,(H,5,6). The van der Waals surface area contributed by atoms with Crippen molar-refractivity contribution in [2.24, 2.45) is 0 Å². The molecule has 0 aliphatic heterocycles. The Bertz CT molecular complexity index is 74.8. The van der Waals surface area contributed by atoms with Crippen molar-refractivity contribution in [3.8, 4) is 0 Å². The van der Waals surface area contributed by atoms with Gasteiger partial charge >= 0.3 is 5.97 Å². The summed E-state index contributed by atoms with van der Waals surface area (Å²) in [6, 6.07) is 0. The van der Waals surface area contributed by atoms with Crippen LogP contribution >= 0.6 is 0 Å². The number of hydrogen-bond acceptors (Lipinski definition) is 1. The number of rotatable bonds is 1. The van der Waals surface area contributed by atoms with Gasteiger partial charge in [0.1, 0.15) is 7.85 Å². The summed E-state index contributed by atoms with van der Waals surface area (Å²) in [6.45, 7) is 2.93. The molecule has 0 spiro atoms. The molecule has 0 atom stereocenters. The maximum absolute atomic E-state index is 9.47. The summed E-state index contributed by atoms with van der Waals surface area (Å²) in [7, 11) is 4.64. The topological polar surface area (TPSA) is 37.3 Å². The Morgan fingerprint density at radius 1 is 1.83 bits per heavy atom. The fourth-order valence-electron chi connectivity index (χ4n) is 0. The molecule has 0 aliphatic carbocycles. The molecule has 0 heterocycles. The third-order valence-corrected chi connectivity index (χ3v) is 0.275. The lowest BCUT2D eigenvalue weighted by Crippen LogP contribution is -1.96. The average molecular weight is 81.9 g/mol. The molecule has 0 bridgehead atoms. The second-order valence-electron chi connectivity index (χ2n) is 0.830. The first kappa shape index (κ1) is 5.27. The van der Waals surface area contributed by atoms with E-state index in [1.807, 2.05) is 0 Å². The molecular formula is C3H3BO2. The van der Waals surface area contributed by atoms with Gasteiger partial charge in [-0.05, 0) is 5.47 Å². The summed E-state index contributed by atoms with van der Waals surface area (Å²) in [6.07, 6.45) is 0. The van der Waals surface area contributed by atoms with Crippen molar-refractivity contribution in [3.63, 3.8) is 0 Å². The Morgan fingerprint density at radius 2 is 2.00 bits per heavy atom. The van der Waals surface area contributed by atoms with Gasteiger partial charge in [-0.2, -0.15) is 0 Å². The summed E-state index contributed by atoms with van der Waals surface area (Å²) in [5.41, 5.74) is -0.324. The molecule has 0 aromatic heterocycles. The smallest absolute Gasteiger partial charge is 0.320 e. The Balaban J connectivity index is 3.57. The van der Waals surface area contributed by atoms with Crippen LogP contribution in [-0.4, -0.2) is 18.9 Å². The zero-order valence-electron chi connectivity index (χ0n) is 3.14. The SMILES string of the molecule is [B]C(=C)C(=O)O. The van der Waals surface area contributed by atoms with Crippen LogP contribution in [0.1, 0.15) is 0 Å². The molecule has 2 radical (unpaired) electrons. The number of aliphatic carboxylic acids is 1. The van der Waals surface area contributed by atoms with E-state index in [1.54, 1.807) is 0 Å². The number of carboxylic acids is 1. The molecule has 0 aromatic carbocycles. The number of carbonyl (C=O) groups is 1. The van der Waals surface area contributed by atoms with Crippen molar-refractivity contribution >= 4 is 13.8 Å². The first-order valence-electron chi connectivity index (χ1n) is 1.32. The molecule has 0 aromatic rings. The summed E-state index contributed by atoms with van der Waals surface area (Å²) in [5, 5.41) is 7.77. The van der Waals surface area contributed by atoms with Crippen LogP contribution in [0.2, 0.25) is 0 Å². The second-order valence-corrected chi connectivity index (χ2v) is 0.830. The molecule has 6 heavy (non-hydrogen) atoms. The maximum atomic E-state index is 9.47. The fraction of sp³-hybridized carbons (Fsp3) is 0. The van der Waals surface area contributed by atoms with Crippen LogP contribution in [0.3, 0.4) is 0 Å². The van der Waals surface area contributed by atoms with Gasteiger partial charge in [0.05, 0.1) is 0 Å². The van der Waals surface area contributed by atoms with Crippen LogP contribution in [0.4, 0.5) is 0 Å². The molecule has 0 unspecified atom stereocenters. The Hall–Kier alpha value is -0.725. The van der Waals surface area contributed by atoms with E-state index < -0.39 is 5.97 Å². The summed E-state index contributed by atoms with van der Waals surface area (Å²) < 4.78 is 0. The van der Waals surface area contributed by atoms with Crippen LogP contribution in [-0.2, 0) is 4.79 Å². The predicted octanol–water partition coefficient (Wildman–Crippen LogP) is -0.247. The van der Waals surface area contributed by atoms with Crippen molar-refractivity contribution in [2.75, 3.05) is 0 Å². The highest BCUT2D eigenvalue weighted by Crippen LogP contribution is 1.74. The van der Waals surface area contributed by atoms with Gasteiger partial charge in [0.2, 0.25) is 0 Å². The third-order valence-electron chi connectivity index (χ3n) is 0.275. The van der Waals surface area contributed by atoms with E-state index in [-0.39, 0.29) is 5.47 Å². The van der Waals surface area contributed by atoms with Crippen molar-refractivity contribution in [1.29, 1.82) is 0 Å². The van der Waals surface area contributed by atoms with Gasteiger partial charge in [0.15, 0.2) is 0 Å². The molecule has 0 saturated carbocycles. The molecule has 1 N–H and O–H groups in total. The van der Waals surface area contributed by atoms with Crippen molar-refractivity contribution < 1.29 is 9.90 Å². The Labute approximate surface area is 36.9 Å². The van der Waals surface area contributed by atoms with Gasteiger partial charge in [0.25, 0.3) is 0 Å². The van der Waals surface area contributed by atoms with E-state index in [0.29, 0.717) is 0 Å². The largest absolute Gasteiger partial charge is 0.479 e. The van der Waals surface area contributed by atoms with Crippen LogP contribution in [0.15, 0.2) is 12.1 Å². The molecule has 0 saturated heterocycles. The molecule has 0 aliphatic rings. The molecule has 30 valence electrons. The maximum Gasteiger partial charge on any atom is 0.320 e. The second kappa shape index (κ2) is 1.65. The lowest BCUT2D eigenvalue weighted by atomic mass is 9.99. The first-order valence-corrected chi connectivity index (χ1v) is 1.32. The van der Waals surface area contributed by atoms with Crippen LogP contribution < -0.4 is 0 Å². The van der Waals surface area contributed by atoms with E-state index >= 15 is 0 Å². The zero-order chi connectivity index (χ0) is 5.15. The van der Waals surface area contributed by atoms with Gasteiger partial charge in [-0.1, -0.05) is 6.58 Å². The van der Waals surface area contributed by atoms with Crippen molar-refractivity contribution in [2.45, 2.75) is 0 Å². The molecule has 0 fully saturated rings. The van der Waals surface area contributed by atoms with Crippen LogP contribution in [0.5, 0.6) is 0 Å². The minimum absolute atomic E-state index is 0.324. The normalized spacial score (nSPS) is 7.33. The van der Waals surface area contributed by atoms with E-state index in [0.717, 1.165) is 0 Å². The van der Waals surface area contributed by atoms with Crippen molar-refractivity contribution in [3.05, 3.63) is 12.1 Å². The first-order chi connectivity index (χ1) is 2.64. The molecular weight excluding hydrogens is 78.8 g/mol. The molecule has 2 nitrogen and oxygen atoms in total. The molecule has 0 rings (SSSR count). The highest BCUT2D eigenvalue weighted by molar-refractivity contribution is 6.34. The third kappa shape index (κ3) is 1.58. The van der Waals surface area contributed by atoms with E-state index in [4.69, 9.17) is 5.11 Å². The lowest BCUT2D eigenvalue weighted by Gasteiger charge is -1.80. The minimum atomic E-state index is -1.16. The van der Waals surface area contributed by atoms with Gasteiger partial charge in [-0.25, -0.2) is 4.79 Å². The summed E-state index contributed by atoms with van der Waals surface area (Å²) in [4.78, 5) is 9.47. The van der Waals surface area contributed by atoms with Gasteiger partial charge < -0.3 is 5.11 Å². The Morgan fingerprint density at radius 3 is 2.00 bits per heavy atom. The van der Waals surface area contributed by atoms with E-state index in [1.165, 1.54) is 0 Å². The van der Waals surface area contributed by atoms with Crippen LogP contribution in [0.25, 0.3) is 0 Å².